The third-order valence-corrected chi connectivity index (χ3v) is 3.34. The van der Waals surface area contributed by atoms with E-state index in [1.54, 1.807) is 25.1 Å². The number of nitrogens with zero attached hydrogens (tertiary/aromatic N) is 2. The van der Waals surface area contributed by atoms with E-state index in [4.69, 9.17) is 10.00 Å². The van der Waals surface area contributed by atoms with Gasteiger partial charge in [-0.3, -0.25) is 10.1 Å². The Morgan fingerprint density at radius 3 is 2.65 bits per heavy atom. The number of nitro benzene ring substituents is 1. The minimum atomic E-state index is -0.462. The third-order valence-electron chi connectivity index (χ3n) is 2.68. The van der Waals surface area contributed by atoms with Gasteiger partial charge in [-0.2, -0.15) is 5.26 Å². The van der Waals surface area contributed by atoms with Gasteiger partial charge in [-0.25, -0.2) is 0 Å². The van der Waals surface area contributed by atoms with Crippen LogP contribution in [0.15, 0.2) is 40.9 Å². The summed E-state index contributed by atoms with van der Waals surface area (Å²) in [5.74, 6) is 0.879. The average molecular weight is 333 g/mol. The second-order valence-electron chi connectivity index (χ2n) is 4.03. The number of aryl methyl sites for hydroxylation is 1. The van der Waals surface area contributed by atoms with Gasteiger partial charge >= 0.3 is 0 Å². The van der Waals surface area contributed by atoms with Crippen LogP contribution in [0.1, 0.15) is 11.1 Å². The summed E-state index contributed by atoms with van der Waals surface area (Å²) in [5.41, 5.74) is 1.01. The fraction of sp³-hybridized carbons (Fsp3) is 0.0714. The van der Waals surface area contributed by atoms with Crippen molar-refractivity contribution in [2.75, 3.05) is 0 Å². The van der Waals surface area contributed by atoms with Crippen LogP contribution in [-0.4, -0.2) is 4.92 Å². The number of non-ortho nitro benzene ring substituents is 1. The van der Waals surface area contributed by atoms with Gasteiger partial charge in [0.1, 0.15) is 23.1 Å². The topological polar surface area (TPSA) is 76.2 Å². The molecular formula is C14H9BrN2O3. The maximum Gasteiger partial charge on any atom is 0.269 e. The van der Waals surface area contributed by atoms with Crippen molar-refractivity contribution in [3.05, 3.63) is 62.1 Å². The molecule has 0 aliphatic carbocycles. The molecule has 0 bridgehead atoms. The number of ether oxygens (including phenoxy) is 1. The van der Waals surface area contributed by atoms with Crippen molar-refractivity contribution in [1.29, 1.82) is 5.26 Å². The van der Waals surface area contributed by atoms with Crippen LogP contribution in [-0.2, 0) is 0 Å². The molecule has 0 fully saturated rings. The lowest BCUT2D eigenvalue weighted by molar-refractivity contribution is -0.384. The lowest BCUT2D eigenvalue weighted by atomic mass is 10.2. The molecule has 0 aliphatic heterocycles. The first kappa shape index (κ1) is 14.0. The fourth-order valence-corrected chi connectivity index (χ4v) is 2.11. The summed E-state index contributed by atoms with van der Waals surface area (Å²) in [6, 6.07) is 11.5. The molecule has 20 heavy (non-hydrogen) atoms. The van der Waals surface area contributed by atoms with Gasteiger partial charge in [0.05, 0.1) is 4.92 Å². The molecule has 0 radical (unpaired) electrons. The largest absolute Gasteiger partial charge is 0.456 e. The van der Waals surface area contributed by atoms with Crippen molar-refractivity contribution in [3.63, 3.8) is 0 Å². The normalized spacial score (nSPS) is 9.85. The van der Waals surface area contributed by atoms with E-state index in [0.29, 0.717) is 27.1 Å². The molecule has 5 nitrogen and oxygen atoms in total. The minimum absolute atomic E-state index is 0.00426. The highest BCUT2D eigenvalue weighted by molar-refractivity contribution is 9.10. The molecule has 2 aromatic rings. The molecule has 0 aliphatic rings. The molecule has 0 heterocycles. The highest BCUT2D eigenvalue weighted by Gasteiger charge is 2.12. The van der Waals surface area contributed by atoms with Gasteiger partial charge in [0, 0.05) is 16.6 Å². The van der Waals surface area contributed by atoms with E-state index in [1.165, 1.54) is 18.2 Å². The van der Waals surface area contributed by atoms with Crippen molar-refractivity contribution >= 4 is 21.6 Å². The average Bonchev–Trinajstić information content (AvgIpc) is 2.41. The van der Waals surface area contributed by atoms with Gasteiger partial charge in [-0.1, -0.05) is 6.07 Å². The standard InChI is InChI=1S/C14H9BrN2O3/c1-9-7-10(17(18)19)5-6-13(9)20-14-4-2-3-12(15)11(14)8-16/h2-7H,1H3. The molecule has 100 valence electrons. The Kier molecular flexibility index (Phi) is 4.01. The van der Waals surface area contributed by atoms with E-state index in [0.717, 1.165) is 0 Å². The van der Waals surface area contributed by atoms with Crippen LogP contribution >= 0.6 is 15.9 Å². The second-order valence-corrected chi connectivity index (χ2v) is 4.89. The Morgan fingerprint density at radius 2 is 2.05 bits per heavy atom. The van der Waals surface area contributed by atoms with Gasteiger partial charge < -0.3 is 4.74 Å². The monoisotopic (exact) mass is 332 g/mol. The number of hydrogen-bond donors (Lipinski definition) is 0. The van der Waals surface area contributed by atoms with Gasteiger partial charge in [0.15, 0.2) is 0 Å². The third kappa shape index (κ3) is 2.78. The summed E-state index contributed by atoms with van der Waals surface area (Å²) in [6.45, 7) is 1.71. The Hall–Kier alpha value is -2.39. The van der Waals surface area contributed by atoms with E-state index < -0.39 is 4.92 Å². The molecule has 2 rings (SSSR count). The minimum Gasteiger partial charge on any atom is -0.456 e. The maximum absolute atomic E-state index is 10.7. The fourth-order valence-electron chi connectivity index (χ4n) is 1.68. The lowest BCUT2D eigenvalue weighted by Crippen LogP contribution is -1.93. The first-order valence-corrected chi connectivity index (χ1v) is 6.43. The maximum atomic E-state index is 10.7. The smallest absolute Gasteiger partial charge is 0.269 e. The van der Waals surface area contributed by atoms with Crippen LogP contribution in [0.4, 0.5) is 5.69 Å². The van der Waals surface area contributed by atoms with E-state index in [9.17, 15) is 10.1 Å². The van der Waals surface area contributed by atoms with Crippen LogP contribution < -0.4 is 4.74 Å². The van der Waals surface area contributed by atoms with Gasteiger partial charge in [0.2, 0.25) is 0 Å². The number of nitriles is 1. The van der Waals surface area contributed by atoms with E-state index in [-0.39, 0.29) is 5.69 Å². The zero-order chi connectivity index (χ0) is 14.7. The number of hydrogen-bond acceptors (Lipinski definition) is 4. The van der Waals surface area contributed by atoms with Crippen molar-refractivity contribution in [3.8, 4) is 17.6 Å². The SMILES string of the molecule is Cc1cc([N+](=O)[O-])ccc1Oc1cccc(Br)c1C#N. The molecule has 0 saturated heterocycles. The predicted molar refractivity (Wildman–Crippen MR) is 76.8 cm³/mol. The number of halogens is 1. The zero-order valence-corrected chi connectivity index (χ0v) is 12.0. The van der Waals surface area contributed by atoms with Crippen LogP contribution in [0, 0.1) is 28.4 Å². The molecule has 0 aromatic heterocycles. The summed E-state index contributed by atoms with van der Waals surface area (Å²) in [7, 11) is 0. The van der Waals surface area contributed by atoms with Gasteiger partial charge in [0.25, 0.3) is 5.69 Å². The summed E-state index contributed by atoms with van der Waals surface area (Å²) < 4.78 is 6.31. The van der Waals surface area contributed by atoms with Gasteiger partial charge in [-0.15, -0.1) is 0 Å². The van der Waals surface area contributed by atoms with E-state index in [2.05, 4.69) is 22.0 Å². The highest BCUT2D eigenvalue weighted by atomic mass is 79.9. The Bertz CT molecular complexity index is 723. The quantitative estimate of drug-likeness (QED) is 0.619. The van der Waals surface area contributed by atoms with Crippen LogP contribution in [0.25, 0.3) is 0 Å². The summed E-state index contributed by atoms with van der Waals surface area (Å²) in [5, 5.41) is 19.8. The van der Waals surface area contributed by atoms with E-state index >= 15 is 0 Å². The molecule has 0 unspecified atom stereocenters. The molecule has 0 amide bonds. The van der Waals surface area contributed by atoms with Gasteiger partial charge in [-0.05, 0) is 46.6 Å². The van der Waals surface area contributed by atoms with Crippen LogP contribution in [0.5, 0.6) is 11.5 Å². The number of rotatable bonds is 3. The number of nitro groups is 1. The molecular weight excluding hydrogens is 324 g/mol. The molecule has 0 spiro atoms. The first-order valence-electron chi connectivity index (χ1n) is 5.64. The summed E-state index contributed by atoms with van der Waals surface area (Å²) in [4.78, 5) is 10.2. The molecule has 0 atom stereocenters. The molecule has 2 aromatic carbocycles. The molecule has 0 N–H and O–H groups in total. The van der Waals surface area contributed by atoms with Crippen molar-refractivity contribution in [1.82, 2.24) is 0 Å². The summed E-state index contributed by atoms with van der Waals surface area (Å²) in [6.07, 6.45) is 0. The Labute approximate surface area is 123 Å². The van der Waals surface area contributed by atoms with Crippen molar-refractivity contribution in [2.45, 2.75) is 6.92 Å². The lowest BCUT2D eigenvalue weighted by Gasteiger charge is -2.10. The van der Waals surface area contributed by atoms with Crippen LogP contribution in [0.2, 0.25) is 0 Å². The van der Waals surface area contributed by atoms with Crippen LogP contribution in [0.3, 0.4) is 0 Å². The molecule has 0 saturated carbocycles. The molecule has 6 heteroatoms. The zero-order valence-electron chi connectivity index (χ0n) is 10.5. The van der Waals surface area contributed by atoms with Crippen molar-refractivity contribution < 1.29 is 9.66 Å². The number of benzene rings is 2. The Morgan fingerprint density at radius 1 is 1.30 bits per heavy atom. The Balaban J connectivity index is 2.39. The first-order chi connectivity index (χ1) is 9.52. The highest BCUT2D eigenvalue weighted by Crippen LogP contribution is 2.32. The second kappa shape index (κ2) is 5.72. The van der Waals surface area contributed by atoms with Crippen molar-refractivity contribution in [2.24, 2.45) is 0 Å². The van der Waals surface area contributed by atoms with E-state index in [1.807, 2.05) is 0 Å². The predicted octanol–water partition coefficient (Wildman–Crippen LogP) is 4.33. The summed E-state index contributed by atoms with van der Waals surface area (Å²) >= 11 is 3.28.